The third-order valence-electron chi connectivity index (χ3n) is 3.80. The van der Waals surface area contributed by atoms with Crippen molar-refractivity contribution < 1.29 is 12.6 Å². The van der Waals surface area contributed by atoms with Crippen LogP contribution >= 0.6 is 0 Å². The average molecular weight is 325 g/mol. The molecule has 2 rings (SSSR count). The van der Waals surface area contributed by atoms with Crippen LogP contribution in [-0.2, 0) is 20.6 Å². The maximum atomic E-state index is 12.2. The molecule has 1 aliphatic rings. The first kappa shape index (κ1) is 16.2. The maximum absolute atomic E-state index is 12.2. The molecule has 0 amide bonds. The molecule has 1 aromatic rings. The zero-order valence-electron chi connectivity index (χ0n) is 11.8. The van der Waals surface area contributed by atoms with Crippen LogP contribution in [0.2, 0.25) is 0 Å². The molecule has 0 aliphatic heterocycles. The molecular weight excluding hydrogens is 306 g/mol. The fourth-order valence-electron chi connectivity index (χ4n) is 2.60. The van der Waals surface area contributed by atoms with E-state index in [9.17, 15) is 12.6 Å². The molecular formula is C15H19NO3S2. The van der Waals surface area contributed by atoms with Gasteiger partial charge in [-0.15, -0.1) is 0 Å². The number of nitriles is 1. The summed E-state index contributed by atoms with van der Waals surface area (Å²) < 4.78 is 36.4. The van der Waals surface area contributed by atoms with Gasteiger partial charge in [-0.2, -0.15) is 5.26 Å². The van der Waals surface area contributed by atoms with Crippen LogP contribution < -0.4 is 0 Å². The molecule has 0 bridgehead atoms. The molecule has 0 saturated heterocycles. The number of sulfone groups is 1. The summed E-state index contributed by atoms with van der Waals surface area (Å²) in [6.07, 6.45) is 4.62. The van der Waals surface area contributed by atoms with Gasteiger partial charge >= 0.3 is 0 Å². The minimum atomic E-state index is -3.47. The summed E-state index contributed by atoms with van der Waals surface area (Å²) >= 11 is 0. The van der Waals surface area contributed by atoms with Gasteiger partial charge in [-0.25, -0.2) is 8.42 Å². The highest BCUT2D eigenvalue weighted by Gasteiger charge is 2.20. The van der Waals surface area contributed by atoms with Gasteiger partial charge in [0.2, 0.25) is 0 Å². The van der Waals surface area contributed by atoms with Gasteiger partial charge in [0.05, 0.1) is 22.3 Å². The van der Waals surface area contributed by atoms with E-state index in [1.54, 1.807) is 12.1 Å². The van der Waals surface area contributed by atoms with Crippen molar-refractivity contribution >= 4 is 20.6 Å². The van der Waals surface area contributed by atoms with Crippen LogP contribution in [0.4, 0.5) is 0 Å². The normalized spacial score (nSPS) is 17.5. The Morgan fingerprint density at radius 2 is 2.00 bits per heavy atom. The highest BCUT2D eigenvalue weighted by atomic mass is 32.2. The number of rotatable bonds is 6. The Morgan fingerprint density at radius 3 is 2.67 bits per heavy atom. The minimum absolute atomic E-state index is 0.124. The first-order valence-corrected chi connectivity index (χ1v) is 10.2. The number of hydrogen-bond acceptors (Lipinski definition) is 4. The maximum Gasteiger partial charge on any atom is 0.179 e. The van der Waals surface area contributed by atoms with Crippen molar-refractivity contribution in [2.75, 3.05) is 17.3 Å². The number of nitrogens with zero attached hydrogens (tertiary/aromatic N) is 1. The van der Waals surface area contributed by atoms with Crippen LogP contribution in [0.3, 0.4) is 0 Å². The van der Waals surface area contributed by atoms with Gasteiger partial charge in [-0.3, -0.25) is 4.21 Å². The molecule has 1 aromatic carbocycles. The van der Waals surface area contributed by atoms with Gasteiger partial charge in [0, 0.05) is 22.3 Å². The summed E-state index contributed by atoms with van der Waals surface area (Å²) in [6, 6.07) is 7.90. The Bertz CT molecular complexity index is 656. The minimum Gasteiger partial charge on any atom is -0.260 e. The lowest BCUT2D eigenvalue weighted by Crippen LogP contribution is -2.18. The quantitative estimate of drug-likeness (QED) is 0.804. The molecule has 1 fully saturated rings. The van der Waals surface area contributed by atoms with Crippen LogP contribution in [0.15, 0.2) is 29.2 Å². The van der Waals surface area contributed by atoms with Gasteiger partial charge in [-0.1, -0.05) is 18.9 Å². The van der Waals surface area contributed by atoms with Crippen molar-refractivity contribution in [3.63, 3.8) is 0 Å². The van der Waals surface area contributed by atoms with E-state index < -0.39 is 20.6 Å². The fraction of sp³-hybridized carbons (Fsp3) is 0.533. The van der Waals surface area contributed by atoms with E-state index in [1.807, 2.05) is 6.07 Å². The Hall–Kier alpha value is -1.19. The molecule has 6 heteroatoms. The summed E-state index contributed by atoms with van der Waals surface area (Å²) in [4.78, 5) is 0.138. The lowest BCUT2D eigenvalue weighted by molar-refractivity contribution is 0.594. The molecule has 0 aromatic heterocycles. The SMILES string of the molecule is N#Cc1cccc(S(=O)(=O)CCS(=O)CC2CCCC2)c1. The van der Waals surface area contributed by atoms with Crippen LogP contribution in [0, 0.1) is 17.2 Å². The Balaban J connectivity index is 1.94. The van der Waals surface area contributed by atoms with Gasteiger partial charge in [0.15, 0.2) is 9.84 Å². The Kier molecular flexibility index (Phi) is 5.54. The lowest BCUT2D eigenvalue weighted by atomic mass is 10.1. The molecule has 21 heavy (non-hydrogen) atoms. The van der Waals surface area contributed by atoms with E-state index in [-0.39, 0.29) is 16.4 Å². The highest BCUT2D eigenvalue weighted by molar-refractivity contribution is 7.93. The van der Waals surface area contributed by atoms with Crippen LogP contribution in [-0.4, -0.2) is 29.9 Å². The Morgan fingerprint density at radius 1 is 1.29 bits per heavy atom. The lowest BCUT2D eigenvalue weighted by Gasteiger charge is -2.09. The second-order valence-electron chi connectivity index (χ2n) is 5.42. The topological polar surface area (TPSA) is 75.0 Å². The number of hydrogen-bond donors (Lipinski definition) is 0. The third-order valence-corrected chi connectivity index (χ3v) is 7.27. The van der Waals surface area contributed by atoms with E-state index in [4.69, 9.17) is 5.26 Å². The van der Waals surface area contributed by atoms with Crippen molar-refractivity contribution in [3.8, 4) is 6.07 Å². The molecule has 1 unspecified atom stereocenters. The molecule has 4 nitrogen and oxygen atoms in total. The summed E-state index contributed by atoms with van der Waals surface area (Å²) in [5, 5.41) is 8.81. The van der Waals surface area contributed by atoms with Crippen molar-refractivity contribution in [1.29, 1.82) is 5.26 Å². The fourth-order valence-corrected chi connectivity index (χ4v) is 6.08. The average Bonchev–Trinajstić information content (AvgIpc) is 2.98. The monoisotopic (exact) mass is 325 g/mol. The number of benzene rings is 1. The van der Waals surface area contributed by atoms with E-state index in [0.717, 1.165) is 12.8 Å². The van der Waals surface area contributed by atoms with Crippen LogP contribution in [0.5, 0.6) is 0 Å². The summed E-state index contributed by atoms with van der Waals surface area (Å²) in [5.41, 5.74) is 0.322. The third kappa shape index (κ3) is 4.65. The molecule has 0 heterocycles. The summed E-state index contributed by atoms with van der Waals surface area (Å²) in [7, 11) is -4.55. The largest absolute Gasteiger partial charge is 0.260 e. The van der Waals surface area contributed by atoms with E-state index in [2.05, 4.69) is 0 Å². The molecule has 1 saturated carbocycles. The summed E-state index contributed by atoms with van der Waals surface area (Å²) in [6.45, 7) is 0. The van der Waals surface area contributed by atoms with Crippen molar-refractivity contribution in [2.45, 2.75) is 30.6 Å². The smallest absolute Gasteiger partial charge is 0.179 e. The second kappa shape index (κ2) is 7.19. The van der Waals surface area contributed by atoms with Crippen molar-refractivity contribution in [3.05, 3.63) is 29.8 Å². The molecule has 114 valence electrons. The second-order valence-corrected chi connectivity index (χ2v) is 9.15. The molecule has 0 radical (unpaired) electrons. The van der Waals surface area contributed by atoms with E-state index in [0.29, 0.717) is 17.2 Å². The first-order valence-electron chi connectivity index (χ1n) is 7.09. The van der Waals surface area contributed by atoms with Crippen molar-refractivity contribution in [2.24, 2.45) is 5.92 Å². The van der Waals surface area contributed by atoms with E-state index in [1.165, 1.54) is 25.0 Å². The van der Waals surface area contributed by atoms with Crippen LogP contribution in [0.1, 0.15) is 31.2 Å². The van der Waals surface area contributed by atoms with Crippen LogP contribution in [0.25, 0.3) is 0 Å². The molecule has 0 N–H and O–H groups in total. The van der Waals surface area contributed by atoms with Gasteiger partial charge in [0.25, 0.3) is 0 Å². The first-order chi connectivity index (χ1) is 10.0. The predicted molar refractivity (Wildman–Crippen MR) is 83.0 cm³/mol. The molecule has 0 spiro atoms. The predicted octanol–water partition coefficient (Wildman–Crippen LogP) is 2.27. The Labute approximate surface area is 128 Å². The molecule has 1 atom stereocenters. The van der Waals surface area contributed by atoms with Gasteiger partial charge in [-0.05, 0) is 37.0 Å². The standard InChI is InChI=1S/C15H19NO3S2/c16-11-14-6-3-7-15(10-14)21(18,19)9-8-20(17)12-13-4-1-2-5-13/h3,6-7,10,13H,1-2,4-5,8-9,12H2. The zero-order valence-corrected chi connectivity index (χ0v) is 13.5. The highest BCUT2D eigenvalue weighted by Crippen LogP contribution is 2.25. The van der Waals surface area contributed by atoms with Gasteiger partial charge in [0.1, 0.15) is 0 Å². The van der Waals surface area contributed by atoms with E-state index >= 15 is 0 Å². The van der Waals surface area contributed by atoms with Crippen molar-refractivity contribution in [1.82, 2.24) is 0 Å². The van der Waals surface area contributed by atoms with Gasteiger partial charge < -0.3 is 0 Å². The zero-order chi connectivity index (χ0) is 15.3. The molecule has 1 aliphatic carbocycles. The summed E-state index contributed by atoms with van der Waals surface area (Å²) in [5.74, 6) is 1.17.